The Hall–Kier alpha value is -3.97. The van der Waals surface area contributed by atoms with E-state index in [4.69, 9.17) is 5.73 Å². The van der Waals surface area contributed by atoms with Crippen LogP contribution in [0.3, 0.4) is 0 Å². The summed E-state index contributed by atoms with van der Waals surface area (Å²) in [6.07, 6.45) is -1.32. The Balaban J connectivity index is 1.94. The predicted octanol–water partition coefficient (Wildman–Crippen LogP) is 0.281. The number of amides is 2. The summed E-state index contributed by atoms with van der Waals surface area (Å²) >= 11 is 0. The Kier molecular flexibility index (Phi) is 5.80. The van der Waals surface area contributed by atoms with Crippen molar-refractivity contribution in [3.63, 3.8) is 0 Å². The van der Waals surface area contributed by atoms with E-state index >= 15 is 0 Å². The number of nitrogens with zero attached hydrogens (tertiary/aromatic N) is 1. The normalized spacial score (nSPS) is 27.4. The SMILES string of the molecule is COC(=O)Nc1c(F)cc2c(c1O)C(O)=C1C(=O)[C@]3(O)C(O)=C(C(N)=O)C(=O)[C@@H](N(C)C)C3CC1C2. The van der Waals surface area contributed by atoms with Crippen LogP contribution in [-0.2, 0) is 25.5 Å². The molecule has 2 amide bonds. The number of ketones is 2. The van der Waals surface area contributed by atoms with E-state index in [9.17, 15) is 44.0 Å². The molecule has 4 rings (SSSR count). The van der Waals surface area contributed by atoms with E-state index in [1.807, 2.05) is 5.32 Å². The molecule has 0 aromatic heterocycles. The minimum absolute atomic E-state index is 0.0858. The molecule has 1 aromatic carbocycles. The average Bonchev–Trinajstić information content (AvgIpc) is 2.78. The second kappa shape index (κ2) is 8.31. The van der Waals surface area contributed by atoms with Gasteiger partial charge in [0.05, 0.1) is 18.7 Å². The molecule has 1 fully saturated rings. The van der Waals surface area contributed by atoms with Crippen LogP contribution < -0.4 is 11.1 Å². The van der Waals surface area contributed by atoms with Crippen LogP contribution in [0.1, 0.15) is 17.5 Å². The summed E-state index contributed by atoms with van der Waals surface area (Å²) in [5, 5.41) is 46.0. The maximum atomic E-state index is 14.7. The predicted molar refractivity (Wildman–Crippen MR) is 120 cm³/mol. The van der Waals surface area contributed by atoms with Gasteiger partial charge in [0.1, 0.15) is 22.8 Å². The summed E-state index contributed by atoms with van der Waals surface area (Å²) in [5.74, 6) is -9.44. The monoisotopic (exact) mass is 505 g/mol. The van der Waals surface area contributed by atoms with Gasteiger partial charge in [-0.15, -0.1) is 0 Å². The molecule has 36 heavy (non-hydrogen) atoms. The second-order valence-electron chi connectivity index (χ2n) is 9.19. The zero-order valence-electron chi connectivity index (χ0n) is 19.5. The number of fused-ring (bicyclic) bond motifs is 3. The fraction of sp³-hybridized carbons (Fsp3) is 0.391. The average molecular weight is 505 g/mol. The molecule has 0 saturated heterocycles. The Morgan fingerprint density at radius 3 is 2.44 bits per heavy atom. The minimum Gasteiger partial charge on any atom is -0.508 e. The van der Waals surface area contributed by atoms with Crippen molar-refractivity contribution in [3.8, 4) is 5.75 Å². The maximum absolute atomic E-state index is 14.7. The number of aliphatic hydroxyl groups is 3. The molecule has 0 heterocycles. The number of Topliss-reactive ketones (excluding diaryl/α,β-unsaturated/α-hetero) is 2. The Labute approximate surface area is 203 Å². The van der Waals surface area contributed by atoms with Crippen LogP contribution in [0.5, 0.6) is 5.75 Å². The van der Waals surface area contributed by atoms with E-state index < -0.39 is 87.0 Å². The third-order valence-electron chi connectivity index (χ3n) is 7.08. The van der Waals surface area contributed by atoms with Crippen LogP contribution >= 0.6 is 0 Å². The number of rotatable bonds is 3. The number of ether oxygens (including phenoxy) is 1. The Morgan fingerprint density at radius 1 is 1.25 bits per heavy atom. The standard InChI is InChI=1S/C23H24FN3O9/c1-27(2)15-9-5-7-4-8-6-10(24)14(26-22(34)36-3)17(29)11(8)16(28)12(7)19(31)23(9,35)20(32)13(18(15)30)21(25)33/h6-7,9,15,28-29,32,35H,4-5H2,1-3H3,(H2,25,33)(H,26,34)/t7?,9?,15-,23-/m0/s1. The highest BCUT2D eigenvalue weighted by Crippen LogP contribution is 2.53. The molecule has 0 radical (unpaired) electrons. The first kappa shape index (κ1) is 25.1. The summed E-state index contributed by atoms with van der Waals surface area (Å²) in [5.41, 5.74) is 0.196. The number of anilines is 1. The van der Waals surface area contributed by atoms with Crippen LogP contribution in [0.25, 0.3) is 5.76 Å². The molecule has 3 aliphatic rings. The maximum Gasteiger partial charge on any atom is 0.411 e. The highest BCUT2D eigenvalue weighted by molar-refractivity contribution is 6.24. The number of primary amides is 1. The lowest BCUT2D eigenvalue weighted by Crippen LogP contribution is -2.65. The highest BCUT2D eigenvalue weighted by Gasteiger charge is 2.64. The summed E-state index contributed by atoms with van der Waals surface area (Å²) in [6.45, 7) is 0. The number of halogens is 1. The van der Waals surface area contributed by atoms with Crippen molar-refractivity contribution in [1.29, 1.82) is 0 Å². The molecule has 1 saturated carbocycles. The van der Waals surface area contributed by atoms with Gasteiger partial charge in [-0.2, -0.15) is 0 Å². The number of aliphatic hydroxyl groups excluding tert-OH is 2. The molecule has 7 N–H and O–H groups in total. The van der Waals surface area contributed by atoms with E-state index in [2.05, 4.69) is 4.74 Å². The molecule has 3 aliphatic carbocycles. The zero-order valence-corrected chi connectivity index (χ0v) is 19.5. The van der Waals surface area contributed by atoms with Crippen molar-refractivity contribution in [2.45, 2.75) is 24.5 Å². The van der Waals surface area contributed by atoms with Gasteiger partial charge in [-0.1, -0.05) is 0 Å². The first-order valence-electron chi connectivity index (χ1n) is 10.8. The lowest BCUT2D eigenvalue weighted by atomic mass is 9.57. The number of hydrogen-bond acceptors (Lipinski definition) is 10. The highest BCUT2D eigenvalue weighted by atomic mass is 19.1. The summed E-state index contributed by atoms with van der Waals surface area (Å²) in [6, 6.07) is -0.254. The van der Waals surface area contributed by atoms with Crippen LogP contribution in [-0.4, -0.2) is 81.7 Å². The second-order valence-corrected chi connectivity index (χ2v) is 9.19. The minimum atomic E-state index is -2.78. The van der Waals surface area contributed by atoms with Gasteiger partial charge < -0.3 is 30.9 Å². The topological polar surface area (TPSA) is 200 Å². The van der Waals surface area contributed by atoms with Gasteiger partial charge in [-0.25, -0.2) is 9.18 Å². The quantitative estimate of drug-likeness (QED) is 0.245. The van der Waals surface area contributed by atoms with Crippen LogP contribution in [0, 0.1) is 17.7 Å². The van der Waals surface area contributed by atoms with Gasteiger partial charge >= 0.3 is 6.09 Å². The molecule has 2 unspecified atom stereocenters. The fourth-order valence-electron chi connectivity index (χ4n) is 5.54. The number of carbonyl (C=O) groups is 4. The summed E-state index contributed by atoms with van der Waals surface area (Å²) < 4.78 is 19.1. The van der Waals surface area contributed by atoms with Gasteiger partial charge in [-0.3, -0.25) is 24.6 Å². The first-order valence-corrected chi connectivity index (χ1v) is 10.8. The molecular weight excluding hydrogens is 481 g/mol. The van der Waals surface area contributed by atoms with Crippen molar-refractivity contribution in [1.82, 2.24) is 4.90 Å². The summed E-state index contributed by atoms with van der Waals surface area (Å²) in [7, 11) is 3.98. The zero-order chi connectivity index (χ0) is 26.9. The molecular formula is C23H24FN3O9. The van der Waals surface area contributed by atoms with Crippen molar-refractivity contribution in [2.24, 2.45) is 17.6 Å². The largest absolute Gasteiger partial charge is 0.508 e. The fourth-order valence-corrected chi connectivity index (χ4v) is 5.54. The van der Waals surface area contributed by atoms with Gasteiger partial charge in [0.2, 0.25) is 5.78 Å². The van der Waals surface area contributed by atoms with E-state index in [1.54, 1.807) is 0 Å². The number of methoxy groups -OCH3 is 1. The van der Waals surface area contributed by atoms with Crippen molar-refractivity contribution < 1.29 is 48.7 Å². The van der Waals surface area contributed by atoms with Crippen molar-refractivity contribution in [2.75, 3.05) is 26.5 Å². The van der Waals surface area contributed by atoms with Gasteiger partial charge in [0, 0.05) is 11.5 Å². The lowest BCUT2D eigenvalue weighted by Gasteiger charge is -2.50. The van der Waals surface area contributed by atoms with E-state index in [0.29, 0.717) is 0 Å². The smallest absolute Gasteiger partial charge is 0.411 e. The number of phenols is 1. The van der Waals surface area contributed by atoms with E-state index in [0.717, 1.165) is 13.2 Å². The Bertz CT molecular complexity index is 1300. The number of nitrogens with one attached hydrogen (secondary N) is 1. The third kappa shape index (κ3) is 3.27. The lowest BCUT2D eigenvalue weighted by molar-refractivity contribution is -0.153. The van der Waals surface area contributed by atoms with Crippen LogP contribution in [0.2, 0.25) is 0 Å². The molecule has 1 aromatic rings. The molecule has 4 atom stereocenters. The molecule has 0 spiro atoms. The number of aromatic hydroxyl groups is 1. The van der Waals surface area contributed by atoms with Gasteiger partial charge in [0.15, 0.2) is 23.0 Å². The number of carbonyl (C=O) groups excluding carboxylic acids is 4. The number of likely N-dealkylation sites (N-methyl/N-ethyl adjacent to an activating group) is 1. The number of phenolic OH excluding ortho intramolecular Hbond substituents is 1. The molecule has 12 nitrogen and oxygen atoms in total. The van der Waals surface area contributed by atoms with E-state index in [1.165, 1.54) is 19.0 Å². The van der Waals surface area contributed by atoms with Crippen LogP contribution in [0.15, 0.2) is 23.0 Å². The summed E-state index contributed by atoms with van der Waals surface area (Å²) in [4.78, 5) is 51.6. The third-order valence-corrected chi connectivity index (χ3v) is 7.08. The molecule has 0 bridgehead atoms. The number of hydrogen-bond donors (Lipinski definition) is 6. The Morgan fingerprint density at radius 2 is 1.89 bits per heavy atom. The van der Waals surface area contributed by atoms with Gasteiger partial charge in [-0.05, 0) is 44.5 Å². The van der Waals surface area contributed by atoms with Crippen molar-refractivity contribution >= 4 is 35.0 Å². The van der Waals surface area contributed by atoms with E-state index in [-0.39, 0.29) is 24.0 Å². The molecule has 192 valence electrons. The van der Waals surface area contributed by atoms with Gasteiger partial charge in [0.25, 0.3) is 5.91 Å². The van der Waals surface area contributed by atoms with Crippen LogP contribution in [0.4, 0.5) is 14.9 Å². The first-order chi connectivity index (χ1) is 16.8. The number of nitrogens with two attached hydrogens (primary N) is 1. The number of benzene rings is 1. The van der Waals surface area contributed by atoms with Crippen molar-refractivity contribution in [3.05, 3.63) is 39.9 Å². The molecule has 13 heteroatoms. The molecule has 0 aliphatic heterocycles.